The van der Waals surface area contributed by atoms with Gasteiger partial charge in [-0.2, -0.15) is 0 Å². The van der Waals surface area contributed by atoms with E-state index in [-0.39, 0.29) is 0 Å². The fraction of sp³-hybridized carbons (Fsp3) is 0.571. The Morgan fingerprint density at radius 1 is 1.07 bits per heavy atom. The number of aromatic hydroxyl groups is 1. The summed E-state index contributed by atoms with van der Waals surface area (Å²) < 4.78 is 0. The zero-order chi connectivity index (χ0) is 11.3. The third-order valence-electron chi connectivity index (χ3n) is 2.89. The molecule has 0 spiro atoms. The summed E-state index contributed by atoms with van der Waals surface area (Å²) in [6.07, 6.45) is 3.68. The highest BCUT2D eigenvalue weighted by atomic mass is 16.3. The average Bonchev–Trinajstić information content (AvgIpc) is 2.17. The van der Waals surface area contributed by atoms with Gasteiger partial charge in [-0.25, -0.2) is 0 Å². The molecule has 0 aromatic heterocycles. The van der Waals surface area contributed by atoms with Gasteiger partial charge in [-0.15, -0.1) is 0 Å². The third-order valence-corrected chi connectivity index (χ3v) is 2.89. The van der Waals surface area contributed by atoms with E-state index in [1.54, 1.807) is 6.07 Å². The van der Waals surface area contributed by atoms with Gasteiger partial charge in [0.15, 0.2) is 0 Å². The van der Waals surface area contributed by atoms with Crippen molar-refractivity contribution in [1.82, 2.24) is 0 Å². The van der Waals surface area contributed by atoms with Crippen LogP contribution in [0.1, 0.15) is 51.5 Å². The first kappa shape index (κ1) is 12.1. The number of hydrogen-bond acceptors (Lipinski definition) is 1. The Hall–Kier alpha value is -0.980. The van der Waals surface area contributed by atoms with Crippen molar-refractivity contribution in [3.8, 4) is 5.75 Å². The Balaban J connectivity index is 2.47. The van der Waals surface area contributed by atoms with Gasteiger partial charge in [0.2, 0.25) is 0 Å². The molecule has 1 rings (SSSR count). The van der Waals surface area contributed by atoms with Gasteiger partial charge in [0.05, 0.1) is 0 Å². The Labute approximate surface area is 93.1 Å². The molecule has 0 aliphatic rings. The van der Waals surface area contributed by atoms with E-state index in [4.69, 9.17) is 0 Å². The molecule has 1 N–H and O–H groups in total. The summed E-state index contributed by atoms with van der Waals surface area (Å²) in [7, 11) is 0. The summed E-state index contributed by atoms with van der Waals surface area (Å²) in [6.45, 7) is 6.70. The van der Waals surface area contributed by atoms with Crippen LogP contribution in [-0.2, 0) is 0 Å². The van der Waals surface area contributed by atoms with Crippen LogP contribution in [0.4, 0.5) is 0 Å². The maximum Gasteiger partial charge on any atom is 0.119 e. The first-order valence-electron chi connectivity index (χ1n) is 5.89. The molecule has 1 atom stereocenters. The van der Waals surface area contributed by atoms with Crippen molar-refractivity contribution in [2.45, 2.75) is 46.0 Å². The van der Waals surface area contributed by atoms with Crippen molar-refractivity contribution < 1.29 is 5.11 Å². The summed E-state index contributed by atoms with van der Waals surface area (Å²) in [5, 5.41) is 9.69. The van der Waals surface area contributed by atoms with Crippen molar-refractivity contribution in [2.75, 3.05) is 0 Å². The Kier molecular flexibility index (Phi) is 4.67. The van der Waals surface area contributed by atoms with Crippen LogP contribution >= 0.6 is 0 Å². The van der Waals surface area contributed by atoms with E-state index in [9.17, 15) is 5.11 Å². The molecule has 0 aliphatic heterocycles. The van der Waals surface area contributed by atoms with Gasteiger partial charge < -0.3 is 5.11 Å². The quantitative estimate of drug-likeness (QED) is 0.760. The number of benzene rings is 1. The molecule has 0 aliphatic carbocycles. The van der Waals surface area contributed by atoms with Crippen LogP contribution in [-0.4, -0.2) is 5.11 Å². The lowest BCUT2D eigenvalue weighted by molar-refractivity contribution is 0.454. The van der Waals surface area contributed by atoms with Crippen LogP contribution in [0.2, 0.25) is 0 Å². The number of phenolic OH excluding ortho intramolecular Hbond substituents is 1. The van der Waals surface area contributed by atoms with Crippen LogP contribution in [0.25, 0.3) is 0 Å². The predicted molar refractivity (Wildman–Crippen MR) is 65.2 cm³/mol. The van der Waals surface area contributed by atoms with Gasteiger partial charge in [-0.05, 0) is 29.9 Å². The number of hydrogen-bond donors (Lipinski definition) is 1. The van der Waals surface area contributed by atoms with Gasteiger partial charge in [0.1, 0.15) is 5.75 Å². The van der Waals surface area contributed by atoms with E-state index in [0.29, 0.717) is 11.7 Å². The summed E-state index contributed by atoms with van der Waals surface area (Å²) in [4.78, 5) is 0. The SMILES string of the molecule is CC(C)CCCC(C)c1ccccc1O. The van der Waals surface area contributed by atoms with Crippen molar-refractivity contribution in [3.05, 3.63) is 29.8 Å². The molecule has 1 unspecified atom stereocenters. The first-order valence-corrected chi connectivity index (χ1v) is 5.89. The van der Waals surface area contributed by atoms with E-state index < -0.39 is 0 Å². The highest BCUT2D eigenvalue weighted by Crippen LogP contribution is 2.29. The number of phenols is 1. The van der Waals surface area contributed by atoms with Crippen LogP contribution in [0.15, 0.2) is 24.3 Å². The highest BCUT2D eigenvalue weighted by Gasteiger charge is 2.09. The van der Waals surface area contributed by atoms with Crippen LogP contribution < -0.4 is 0 Å². The largest absolute Gasteiger partial charge is 0.508 e. The van der Waals surface area contributed by atoms with E-state index in [1.807, 2.05) is 18.2 Å². The zero-order valence-electron chi connectivity index (χ0n) is 10.0. The van der Waals surface area contributed by atoms with E-state index in [2.05, 4.69) is 20.8 Å². The van der Waals surface area contributed by atoms with Gasteiger partial charge >= 0.3 is 0 Å². The lowest BCUT2D eigenvalue weighted by Gasteiger charge is -2.13. The molecule has 0 heterocycles. The standard InChI is InChI=1S/C14H22O/c1-11(2)7-6-8-12(3)13-9-4-5-10-14(13)15/h4-5,9-12,15H,6-8H2,1-3H3. The molecule has 0 bridgehead atoms. The van der Waals surface area contributed by atoms with E-state index in [1.165, 1.54) is 12.8 Å². The minimum absolute atomic E-state index is 0.439. The second kappa shape index (κ2) is 5.79. The second-order valence-corrected chi connectivity index (χ2v) is 4.78. The molecule has 84 valence electrons. The molecule has 1 aromatic rings. The maximum absolute atomic E-state index is 9.69. The van der Waals surface area contributed by atoms with E-state index >= 15 is 0 Å². The minimum Gasteiger partial charge on any atom is -0.508 e. The summed E-state index contributed by atoms with van der Waals surface area (Å²) in [5.74, 6) is 1.68. The van der Waals surface area contributed by atoms with Gasteiger partial charge in [0, 0.05) is 0 Å². The Morgan fingerprint density at radius 2 is 1.73 bits per heavy atom. The fourth-order valence-corrected chi connectivity index (χ4v) is 1.89. The molecule has 0 amide bonds. The topological polar surface area (TPSA) is 20.2 Å². The van der Waals surface area contributed by atoms with Crippen LogP contribution in [0.3, 0.4) is 0 Å². The molecule has 1 nitrogen and oxygen atoms in total. The summed E-state index contributed by atoms with van der Waals surface area (Å²) >= 11 is 0. The summed E-state index contributed by atoms with van der Waals surface area (Å²) in [6, 6.07) is 7.66. The zero-order valence-corrected chi connectivity index (χ0v) is 10.0. The molecule has 0 saturated heterocycles. The van der Waals surface area contributed by atoms with Crippen molar-refractivity contribution in [3.63, 3.8) is 0 Å². The van der Waals surface area contributed by atoms with Gasteiger partial charge in [-0.3, -0.25) is 0 Å². The molecule has 15 heavy (non-hydrogen) atoms. The lowest BCUT2D eigenvalue weighted by Crippen LogP contribution is -1.96. The van der Waals surface area contributed by atoms with Gasteiger partial charge in [-0.1, -0.05) is 51.8 Å². The average molecular weight is 206 g/mol. The molecular formula is C14H22O. The van der Waals surface area contributed by atoms with Crippen LogP contribution in [0.5, 0.6) is 5.75 Å². The molecule has 0 saturated carbocycles. The molecular weight excluding hydrogens is 184 g/mol. The first-order chi connectivity index (χ1) is 7.11. The Morgan fingerprint density at radius 3 is 2.33 bits per heavy atom. The number of para-hydroxylation sites is 1. The second-order valence-electron chi connectivity index (χ2n) is 4.78. The maximum atomic E-state index is 9.69. The van der Waals surface area contributed by atoms with Crippen LogP contribution in [0, 0.1) is 5.92 Å². The minimum atomic E-state index is 0.439. The molecule has 0 radical (unpaired) electrons. The molecule has 1 aromatic carbocycles. The fourth-order valence-electron chi connectivity index (χ4n) is 1.89. The normalized spacial score (nSPS) is 13.1. The number of rotatable bonds is 5. The van der Waals surface area contributed by atoms with E-state index in [0.717, 1.165) is 17.9 Å². The highest BCUT2D eigenvalue weighted by molar-refractivity contribution is 5.34. The summed E-state index contributed by atoms with van der Waals surface area (Å²) in [5.41, 5.74) is 1.08. The third kappa shape index (κ3) is 3.94. The van der Waals surface area contributed by atoms with Crippen molar-refractivity contribution in [2.24, 2.45) is 5.92 Å². The Bertz CT molecular complexity index is 291. The lowest BCUT2D eigenvalue weighted by atomic mass is 9.93. The monoisotopic (exact) mass is 206 g/mol. The molecule has 0 fully saturated rings. The predicted octanol–water partition coefficient (Wildman–Crippen LogP) is 4.32. The van der Waals surface area contributed by atoms with Crippen molar-refractivity contribution >= 4 is 0 Å². The van der Waals surface area contributed by atoms with Gasteiger partial charge in [0.25, 0.3) is 0 Å². The van der Waals surface area contributed by atoms with Crippen molar-refractivity contribution in [1.29, 1.82) is 0 Å². The molecule has 1 heteroatoms. The smallest absolute Gasteiger partial charge is 0.119 e.